The Morgan fingerprint density at radius 3 is 2.26 bits per heavy atom. The van der Waals surface area contributed by atoms with Crippen molar-refractivity contribution in [1.29, 1.82) is 0 Å². The van der Waals surface area contributed by atoms with E-state index in [-0.39, 0.29) is 5.78 Å². The van der Waals surface area contributed by atoms with Crippen LogP contribution in [-0.4, -0.2) is 5.78 Å². The number of hydrogen-bond acceptors (Lipinski definition) is 2. The van der Waals surface area contributed by atoms with Crippen molar-refractivity contribution in [3.63, 3.8) is 0 Å². The molecule has 0 saturated heterocycles. The predicted octanol–water partition coefficient (Wildman–Crippen LogP) is 4.39. The molecule has 2 rings (SSSR count). The maximum absolute atomic E-state index is 12.4. The van der Waals surface area contributed by atoms with Crippen LogP contribution in [0, 0.1) is 0 Å². The van der Waals surface area contributed by atoms with Crippen molar-refractivity contribution in [3.05, 3.63) is 63.6 Å². The van der Waals surface area contributed by atoms with E-state index in [1.807, 2.05) is 30.3 Å². The van der Waals surface area contributed by atoms with E-state index in [1.54, 1.807) is 12.1 Å². The Kier molecular flexibility index (Phi) is 4.05. The molecular formula is C16H16BrNO. The molecule has 0 unspecified atom stereocenters. The lowest BCUT2D eigenvalue weighted by Gasteiger charge is -2.08. The number of nitrogen functional groups attached to an aromatic ring is 1. The van der Waals surface area contributed by atoms with E-state index < -0.39 is 0 Å². The van der Waals surface area contributed by atoms with Crippen molar-refractivity contribution in [2.24, 2.45) is 0 Å². The van der Waals surface area contributed by atoms with Crippen LogP contribution in [0.5, 0.6) is 0 Å². The summed E-state index contributed by atoms with van der Waals surface area (Å²) in [5, 5.41) is 0. The molecule has 19 heavy (non-hydrogen) atoms. The second kappa shape index (κ2) is 5.57. The van der Waals surface area contributed by atoms with Crippen LogP contribution in [0.15, 0.2) is 46.9 Å². The van der Waals surface area contributed by atoms with Crippen LogP contribution in [-0.2, 0) is 0 Å². The van der Waals surface area contributed by atoms with E-state index in [0.29, 0.717) is 22.7 Å². The minimum atomic E-state index is -0.0414. The van der Waals surface area contributed by atoms with Crippen molar-refractivity contribution in [2.45, 2.75) is 19.8 Å². The second-order valence-corrected chi connectivity index (χ2v) is 5.75. The Morgan fingerprint density at radius 2 is 1.74 bits per heavy atom. The molecular weight excluding hydrogens is 302 g/mol. The minimum absolute atomic E-state index is 0.0414. The zero-order chi connectivity index (χ0) is 14.0. The molecule has 0 spiro atoms. The number of anilines is 1. The van der Waals surface area contributed by atoms with Crippen LogP contribution >= 0.6 is 15.9 Å². The molecule has 2 aromatic rings. The van der Waals surface area contributed by atoms with Gasteiger partial charge in [0.15, 0.2) is 5.78 Å². The highest BCUT2D eigenvalue weighted by Gasteiger charge is 2.12. The number of carbonyl (C=O) groups is 1. The summed E-state index contributed by atoms with van der Waals surface area (Å²) in [6, 6.07) is 13.0. The molecule has 0 aliphatic rings. The molecule has 0 atom stereocenters. The summed E-state index contributed by atoms with van der Waals surface area (Å²) in [6.07, 6.45) is 0. The summed E-state index contributed by atoms with van der Waals surface area (Å²) in [5.41, 5.74) is 8.81. The highest BCUT2D eigenvalue weighted by Crippen LogP contribution is 2.22. The van der Waals surface area contributed by atoms with Crippen LogP contribution < -0.4 is 5.73 Å². The van der Waals surface area contributed by atoms with E-state index >= 15 is 0 Å². The lowest BCUT2D eigenvalue weighted by atomic mass is 9.97. The summed E-state index contributed by atoms with van der Waals surface area (Å²) in [7, 11) is 0. The zero-order valence-electron chi connectivity index (χ0n) is 11.0. The number of benzene rings is 2. The topological polar surface area (TPSA) is 43.1 Å². The van der Waals surface area contributed by atoms with E-state index in [2.05, 4.69) is 29.8 Å². The molecule has 0 radical (unpaired) electrons. The minimum Gasteiger partial charge on any atom is -0.398 e. The summed E-state index contributed by atoms with van der Waals surface area (Å²) in [5.74, 6) is 0.419. The summed E-state index contributed by atoms with van der Waals surface area (Å²) in [6.45, 7) is 4.26. The Hall–Kier alpha value is -1.61. The Morgan fingerprint density at radius 1 is 1.11 bits per heavy atom. The average molecular weight is 318 g/mol. The number of ketones is 1. The third-order valence-corrected chi connectivity index (χ3v) is 3.59. The van der Waals surface area contributed by atoms with Gasteiger partial charge in [-0.3, -0.25) is 4.79 Å². The molecule has 2 N–H and O–H groups in total. The number of halogens is 1. The van der Waals surface area contributed by atoms with Crippen LogP contribution in [0.3, 0.4) is 0 Å². The Labute approximate surface area is 121 Å². The fourth-order valence-electron chi connectivity index (χ4n) is 1.92. The summed E-state index contributed by atoms with van der Waals surface area (Å²) >= 11 is 3.34. The molecule has 2 aromatic carbocycles. The van der Waals surface area contributed by atoms with Gasteiger partial charge in [-0.2, -0.15) is 0 Å². The van der Waals surface area contributed by atoms with Crippen LogP contribution in [0.25, 0.3) is 0 Å². The average Bonchev–Trinajstić information content (AvgIpc) is 2.38. The standard InChI is InChI=1S/C16H16BrNO/c1-10(2)11-3-5-12(6-4-11)16(19)14-8-7-13(17)9-15(14)18/h3-10H,18H2,1-2H3. The molecule has 3 heteroatoms. The number of hydrogen-bond donors (Lipinski definition) is 1. The lowest BCUT2D eigenvalue weighted by molar-refractivity contribution is 0.103. The largest absolute Gasteiger partial charge is 0.398 e. The lowest BCUT2D eigenvalue weighted by Crippen LogP contribution is -2.05. The molecule has 0 heterocycles. The summed E-state index contributed by atoms with van der Waals surface area (Å²) in [4.78, 5) is 12.4. The first-order valence-electron chi connectivity index (χ1n) is 6.18. The smallest absolute Gasteiger partial charge is 0.195 e. The van der Waals surface area contributed by atoms with Crippen molar-refractivity contribution in [2.75, 3.05) is 5.73 Å². The second-order valence-electron chi connectivity index (χ2n) is 4.84. The van der Waals surface area contributed by atoms with E-state index in [1.165, 1.54) is 5.56 Å². The molecule has 0 amide bonds. The molecule has 98 valence electrons. The van der Waals surface area contributed by atoms with Gasteiger partial charge in [-0.1, -0.05) is 54.0 Å². The van der Waals surface area contributed by atoms with Gasteiger partial charge in [0, 0.05) is 21.3 Å². The maximum atomic E-state index is 12.4. The zero-order valence-corrected chi connectivity index (χ0v) is 12.6. The fourth-order valence-corrected chi connectivity index (χ4v) is 2.29. The van der Waals surface area contributed by atoms with Gasteiger partial charge < -0.3 is 5.73 Å². The van der Waals surface area contributed by atoms with Gasteiger partial charge in [-0.05, 0) is 29.7 Å². The van der Waals surface area contributed by atoms with Crippen LogP contribution in [0.4, 0.5) is 5.69 Å². The Bertz CT molecular complexity index is 603. The predicted molar refractivity (Wildman–Crippen MR) is 82.5 cm³/mol. The quantitative estimate of drug-likeness (QED) is 0.674. The van der Waals surface area contributed by atoms with E-state index in [0.717, 1.165) is 4.47 Å². The molecule has 0 aromatic heterocycles. The fraction of sp³-hybridized carbons (Fsp3) is 0.188. The molecule has 2 nitrogen and oxygen atoms in total. The highest BCUT2D eigenvalue weighted by molar-refractivity contribution is 9.10. The van der Waals surface area contributed by atoms with Gasteiger partial charge in [0.1, 0.15) is 0 Å². The SMILES string of the molecule is CC(C)c1ccc(C(=O)c2ccc(Br)cc2N)cc1. The van der Waals surface area contributed by atoms with E-state index in [9.17, 15) is 4.79 Å². The monoisotopic (exact) mass is 317 g/mol. The van der Waals surface area contributed by atoms with Gasteiger partial charge in [0.2, 0.25) is 0 Å². The maximum Gasteiger partial charge on any atom is 0.195 e. The van der Waals surface area contributed by atoms with Gasteiger partial charge in [-0.15, -0.1) is 0 Å². The van der Waals surface area contributed by atoms with Crippen LogP contribution in [0.2, 0.25) is 0 Å². The van der Waals surface area contributed by atoms with Crippen molar-refractivity contribution in [1.82, 2.24) is 0 Å². The molecule has 0 aliphatic carbocycles. The highest BCUT2D eigenvalue weighted by atomic mass is 79.9. The first kappa shape index (κ1) is 13.8. The summed E-state index contributed by atoms with van der Waals surface area (Å²) < 4.78 is 0.872. The van der Waals surface area contributed by atoms with E-state index in [4.69, 9.17) is 5.73 Å². The first-order valence-corrected chi connectivity index (χ1v) is 6.98. The van der Waals surface area contributed by atoms with Gasteiger partial charge in [0.05, 0.1) is 0 Å². The normalized spacial score (nSPS) is 10.7. The number of nitrogens with two attached hydrogens (primary N) is 1. The Balaban J connectivity index is 2.33. The molecule has 0 aliphatic heterocycles. The van der Waals surface area contributed by atoms with Gasteiger partial charge >= 0.3 is 0 Å². The third kappa shape index (κ3) is 3.04. The van der Waals surface area contributed by atoms with Gasteiger partial charge in [0.25, 0.3) is 0 Å². The molecule has 0 bridgehead atoms. The number of rotatable bonds is 3. The molecule has 0 saturated carbocycles. The molecule has 0 fully saturated rings. The third-order valence-electron chi connectivity index (χ3n) is 3.10. The van der Waals surface area contributed by atoms with Gasteiger partial charge in [-0.25, -0.2) is 0 Å². The van der Waals surface area contributed by atoms with Crippen molar-refractivity contribution >= 4 is 27.4 Å². The van der Waals surface area contributed by atoms with Crippen LogP contribution in [0.1, 0.15) is 41.3 Å². The first-order chi connectivity index (χ1) is 8.99. The van der Waals surface area contributed by atoms with Crippen molar-refractivity contribution < 1.29 is 4.79 Å². The number of carbonyl (C=O) groups excluding carboxylic acids is 1. The van der Waals surface area contributed by atoms with Crippen molar-refractivity contribution in [3.8, 4) is 0 Å².